The van der Waals surface area contributed by atoms with Crippen molar-refractivity contribution >= 4 is 18.0 Å². The topological polar surface area (TPSA) is 63.6 Å². The van der Waals surface area contributed by atoms with E-state index >= 15 is 0 Å². The van der Waals surface area contributed by atoms with Crippen LogP contribution in [-0.4, -0.2) is 24.2 Å². The molecule has 0 saturated carbocycles. The van der Waals surface area contributed by atoms with E-state index in [1.54, 1.807) is 26.0 Å². The summed E-state index contributed by atoms with van der Waals surface area (Å²) in [7, 11) is 1.33. The van der Waals surface area contributed by atoms with Gasteiger partial charge in [0.05, 0.1) is 7.11 Å². The molecule has 4 nitrogen and oxygen atoms in total. The highest BCUT2D eigenvalue weighted by atomic mass is 16.5. The molecular formula is C17H20O4. The Kier molecular flexibility index (Phi) is 8.93. The van der Waals surface area contributed by atoms with Gasteiger partial charge in [-0.15, -0.1) is 0 Å². The summed E-state index contributed by atoms with van der Waals surface area (Å²) < 4.78 is 4.27. The number of carbonyl (C=O) groups excluding carboxylic acids is 1. The van der Waals surface area contributed by atoms with Crippen molar-refractivity contribution in [2.45, 2.75) is 13.8 Å². The van der Waals surface area contributed by atoms with Gasteiger partial charge in [0, 0.05) is 11.1 Å². The lowest BCUT2D eigenvalue weighted by molar-refractivity contribution is -0.136. The fraction of sp³-hybridized carbons (Fsp3) is 0.176. The summed E-state index contributed by atoms with van der Waals surface area (Å²) in [5, 5.41) is 8.58. The van der Waals surface area contributed by atoms with Gasteiger partial charge >= 0.3 is 11.9 Å². The number of aliphatic carboxylic acids is 1. The molecule has 1 N–H and O–H groups in total. The van der Waals surface area contributed by atoms with E-state index in [1.165, 1.54) is 7.11 Å². The van der Waals surface area contributed by atoms with E-state index in [0.717, 1.165) is 5.56 Å². The van der Waals surface area contributed by atoms with Crippen molar-refractivity contribution in [2.75, 3.05) is 7.11 Å². The molecule has 0 aliphatic carbocycles. The Hall–Kier alpha value is -2.62. The molecule has 4 heteroatoms. The third-order valence-electron chi connectivity index (χ3n) is 2.31. The second-order valence-corrected chi connectivity index (χ2v) is 4.20. The molecule has 112 valence electrons. The Labute approximate surface area is 125 Å². The molecule has 21 heavy (non-hydrogen) atoms. The Bertz CT molecular complexity index is 539. The summed E-state index contributed by atoms with van der Waals surface area (Å²) in [5.41, 5.74) is 1.82. The number of carboxylic acids is 1. The number of methoxy groups -OCH3 is 1. The Balaban J connectivity index is 0.000000486. The molecule has 1 rings (SSSR count). The van der Waals surface area contributed by atoms with E-state index in [1.807, 2.05) is 36.4 Å². The van der Waals surface area contributed by atoms with Crippen LogP contribution in [-0.2, 0) is 14.3 Å². The molecule has 0 aliphatic rings. The van der Waals surface area contributed by atoms with E-state index < -0.39 is 5.97 Å². The van der Waals surface area contributed by atoms with E-state index in [2.05, 4.69) is 11.3 Å². The number of allylic oxidation sites excluding steroid dienone is 2. The molecule has 0 unspecified atom stereocenters. The maximum atomic E-state index is 10.4. The summed E-state index contributed by atoms with van der Waals surface area (Å²) in [6.07, 6.45) is 5.18. The Morgan fingerprint density at radius 2 is 1.76 bits per heavy atom. The number of ether oxygens (including phenoxy) is 1. The van der Waals surface area contributed by atoms with Gasteiger partial charge in [-0.05, 0) is 19.4 Å². The minimum absolute atomic E-state index is 0.331. The average molecular weight is 288 g/mol. The summed E-state index contributed by atoms with van der Waals surface area (Å²) in [5.74, 6) is -1.23. The van der Waals surface area contributed by atoms with Gasteiger partial charge < -0.3 is 9.84 Å². The highest BCUT2D eigenvalue weighted by Gasteiger charge is 1.96. The first kappa shape index (κ1) is 18.4. The normalized spacial score (nSPS) is 10.5. The van der Waals surface area contributed by atoms with Crippen LogP contribution in [0, 0.1) is 0 Å². The molecule has 0 aromatic heterocycles. The summed E-state index contributed by atoms with van der Waals surface area (Å²) >= 11 is 0. The molecule has 1 aromatic carbocycles. The van der Waals surface area contributed by atoms with Gasteiger partial charge in [-0.1, -0.05) is 55.1 Å². The van der Waals surface area contributed by atoms with Crippen LogP contribution in [0.4, 0.5) is 0 Å². The zero-order valence-electron chi connectivity index (χ0n) is 12.5. The molecule has 0 amide bonds. The molecule has 0 saturated heterocycles. The van der Waals surface area contributed by atoms with Gasteiger partial charge in [0.15, 0.2) is 0 Å². The monoisotopic (exact) mass is 288 g/mol. The summed E-state index contributed by atoms with van der Waals surface area (Å²) in [4.78, 5) is 20.6. The van der Waals surface area contributed by atoms with Gasteiger partial charge in [0.1, 0.15) is 0 Å². The minimum Gasteiger partial charge on any atom is -0.478 e. The largest absolute Gasteiger partial charge is 0.478 e. The summed E-state index contributed by atoms with van der Waals surface area (Å²) in [6.45, 7) is 6.52. The van der Waals surface area contributed by atoms with Crippen LogP contribution in [0.5, 0.6) is 0 Å². The third-order valence-corrected chi connectivity index (χ3v) is 2.31. The number of rotatable bonds is 4. The van der Waals surface area contributed by atoms with Gasteiger partial charge in [0.2, 0.25) is 0 Å². The van der Waals surface area contributed by atoms with Gasteiger partial charge in [-0.2, -0.15) is 0 Å². The van der Waals surface area contributed by atoms with Crippen LogP contribution in [0.15, 0.2) is 60.2 Å². The lowest BCUT2D eigenvalue weighted by Crippen LogP contribution is -1.98. The van der Waals surface area contributed by atoms with Crippen LogP contribution in [0.25, 0.3) is 6.08 Å². The smallest absolute Gasteiger partial charge is 0.332 e. The van der Waals surface area contributed by atoms with Crippen molar-refractivity contribution in [1.82, 2.24) is 0 Å². The first-order valence-corrected chi connectivity index (χ1v) is 6.25. The summed E-state index contributed by atoms with van der Waals surface area (Å²) in [6, 6.07) is 9.73. The highest BCUT2D eigenvalue weighted by molar-refractivity contribution is 5.87. The fourth-order valence-corrected chi connectivity index (χ4v) is 1.11. The molecule has 0 atom stereocenters. The number of hydrogen-bond donors (Lipinski definition) is 1. The van der Waals surface area contributed by atoms with E-state index in [9.17, 15) is 9.59 Å². The van der Waals surface area contributed by atoms with Crippen molar-refractivity contribution in [1.29, 1.82) is 0 Å². The van der Waals surface area contributed by atoms with Crippen LogP contribution in [0.1, 0.15) is 19.4 Å². The Morgan fingerprint density at radius 3 is 2.14 bits per heavy atom. The van der Waals surface area contributed by atoms with Gasteiger partial charge in [-0.3, -0.25) is 0 Å². The number of carbonyl (C=O) groups is 2. The van der Waals surface area contributed by atoms with Crippen molar-refractivity contribution < 1.29 is 19.4 Å². The van der Waals surface area contributed by atoms with Crippen molar-refractivity contribution in [3.8, 4) is 0 Å². The zero-order chi connectivity index (χ0) is 16.3. The molecular weight excluding hydrogens is 268 g/mol. The number of benzene rings is 1. The van der Waals surface area contributed by atoms with Crippen molar-refractivity contribution in [2.24, 2.45) is 0 Å². The second kappa shape index (κ2) is 10.2. The van der Waals surface area contributed by atoms with E-state index in [0.29, 0.717) is 11.1 Å². The maximum absolute atomic E-state index is 10.4. The van der Waals surface area contributed by atoms with Gasteiger partial charge in [0.25, 0.3) is 0 Å². The molecule has 1 aromatic rings. The predicted octanol–water partition coefficient (Wildman–Crippen LogP) is 3.47. The fourth-order valence-electron chi connectivity index (χ4n) is 1.11. The quantitative estimate of drug-likeness (QED) is 0.523. The minimum atomic E-state index is -0.886. The van der Waals surface area contributed by atoms with E-state index in [4.69, 9.17) is 5.11 Å². The lowest BCUT2D eigenvalue weighted by Gasteiger charge is -1.91. The average Bonchev–Trinajstić information content (AvgIpc) is 2.47. The predicted molar refractivity (Wildman–Crippen MR) is 83.7 cm³/mol. The molecule has 0 fully saturated rings. The molecule has 0 spiro atoms. The molecule has 0 bridgehead atoms. The number of esters is 1. The first-order valence-electron chi connectivity index (χ1n) is 6.25. The van der Waals surface area contributed by atoms with Crippen LogP contribution >= 0.6 is 0 Å². The second-order valence-electron chi connectivity index (χ2n) is 4.20. The Morgan fingerprint density at radius 1 is 1.19 bits per heavy atom. The van der Waals surface area contributed by atoms with Crippen LogP contribution < -0.4 is 0 Å². The maximum Gasteiger partial charge on any atom is 0.332 e. The number of carboxylic acid groups (broad SMARTS) is 1. The lowest BCUT2D eigenvalue weighted by atomic mass is 10.2. The standard InChI is InChI=1S/C12H12O2.C5H8O2/c1-10(12(13)14)6-5-9-11-7-3-2-4-8-11;1-4(2)5(6)7-3/h2-9H,1H3,(H,13,14);1H2,2-3H3. The molecule has 0 heterocycles. The van der Waals surface area contributed by atoms with Gasteiger partial charge in [-0.25, -0.2) is 9.59 Å². The SMILES string of the molecule is C=C(C)C(=O)OC.CC(=CC=Cc1ccccc1)C(=O)O. The number of hydrogen-bond acceptors (Lipinski definition) is 3. The van der Waals surface area contributed by atoms with Crippen molar-refractivity contribution in [3.63, 3.8) is 0 Å². The first-order chi connectivity index (χ1) is 9.88. The van der Waals surface area contributed by atoms with Crippen molar-refractivity contribution in [3.05, 3.63) is 65.8 Å². The highest BCUT2D eigenvalue weighted by Crippen LogP contribution is 2.02. The van der Waals surface area contributed by atoms with Crippen LogP contribution in [0.2, 0.25) is 0 Å². The third kappa shape index (κ3) is 8.99. The van der Waals surface area contributed by atoms with Crippen LogP contribution in [0.3, 0.4) is 0 Å². The van der Waals surface area contributed by atoms with E-state index in [-0.39, 0.29) is 5.97 Å². The zero-order valence-corrected chi connectivity index (χ0v) is 12.5. The molecule has 0 aliphatic heterocycles. The molecule has 0 radical (unpaired) electrons.